The number of likely N-dealkylation sites (tertiary alicyclic amines) is 1. The van der Waals surface area contributed by atoms with E-state index < -0.39 is 0 Å². The Morgan fingerprint density at radius 3 is 2.26 bits per heavy atom. The van der Waals surface area contributed by atoms with Crippen LogP contribution < -0.4 is 5.32 Å². The summed E-state index contributed by atoms with van der Waals surface area (Å²) in [6.45, 7) is 7.89. The van der Waals surface area contributed by atoms with E-state index in [4.69, 9.17) is 0 Å². The molecule has 1 heterocycles. The Bertz CT molecular complexity index is 579. The van der Waals surface area contributed by atoms with Gasteiger partial charge in [-0.3, -0.25) is 4.90 Å². The minimum Gasteiger partial charge on any atom is -0.309 e. The van der Waals surface area contributed by atoms with E-state index in [0.717, 1.165) is 13.1 Å². The maximum absolute atomic E-state index is 3.78. The molecule has 23 heavy (non-hydrogen) atoms. The van der Waals surface area contributed by atoms with Crippen LogP contribution in [0.1, 0.15) is 37.3 Å². The first-order valence-corrected chi connectivity index (χ1v) is 8.78. The minimum atomic E-state index is 0.552. The van der Waals surface area contributed by atoms with Crippen LogP contribution in [0, 0.1) is 0 Å². The second kappa shape index (κ2) is 7.76. The second-order valence-electron chi connectivity index (χ2n) is 6.95. The molecule has 122 valence electrons. The summed E-state index contributed by atoms with van der Waals surface area (Å²) in [7, 11) is 0. The fourth-order valence-electron chi connectivity index (χ4n) is 3.53. The summed E-state index contributed by atoms with van der Waals surface area (Å²) in [5.74, 6) is 0.626. The Kier molecular flexibility index (Phi) is 5.47. The molecular weight excluding hydrogens is 280 g/mol. The monoisotopic (exact) mass is 308 g/mol. The van der Waals surface area contributed by atoms with Crippen molar-refractivity contribution in [2.75, 3.05) is 13.1 Å². The van der Waals surface area contributed by atoms with Crippen molar-refractivity contribution in [3.05, 3.63) is 71.8 Å². The van der Waals surface area contributed by atoms with Crippen molar-refractivity contribution in [1.29, 1.82) is 0 Å². The molecule has 0 spiro atoms. The van der Waals surface area contributed by atoms with E-state index in [1.54, 1.807) is 0 Å². The smallest absolute Gasteiger partial charge is 0.0208 e. The number of rotatable bonds is 5. The molecule has 2 nitrogen and oxygen atoms in total. The summed E-state index contributed by atoms with van der Waals surface area (Å²) in [6.07, 6.45) is 1.22. The molecule has 0 bridgehead atoms. The maximum atomic E-state index is 3.78. The van der Waals surface area contributed by atoms with Gasteiger partial charge in [-0.25, -0.2) is 0 Å². The van der Waals surface area contributed by atoms with Crippen LogP contribution in [0.25, 0.3) is 0 Å². The van der Waals surface area contributed by atoms with Crippen molar-refractivity contribution in [3.63, 3.8) is 0 Å². The van der Waals surface area contributed by atoms with Crippen LogP contribution in [0.3, 0.4) is 0 Å². The van der Waals surface area contributed by atoms with Crippen LogP contribution >= 0.6 is 0 Å². The van der Waals surface area contributed by atoms with E-state index in [-0.39, 0.29) is 0 Å². The summed E-state index contributed by atoms with van der Waals surface area (Å²) in [4.78, 5) is 2.61. The Balaban J connectivity index is 1.67. The Morgan fingerprint density at radius 2 is 1.61 bits per heavy atom. The lowest BCUT2D eigenvalue weighted by molar-refractivity contribution is 0.137. The van der Waals surface area contributed by atoms with Crippen LogP contribution in [0.15, 0.2) is 60.7 Å². The number of hydrogen-bond donors (Lipinski definition) is 1. The first kappa shape index (κ1) is 16.2. The largest absolute Gasteiger partial charge is 0.309 e. The number of benzene rings is 2. The molecule has 0 aliphatic carbocycles. The van der Waals surface area contributed by atoms with Gasteiger partial charge in [-0.1, -0.05) is 60.7 Å². The summed E-state index contributed by atoms with van der Waals surface area (Å²) < 4.78 is 0. The van der Waals surface area contributed by atoms with Crippen LogP contribution in [-0.4, -0.2) is 30.1 Å². The lowest BCUT2D eigenvalue weighted by atomic mass is 9.87. The molecule has 1 N–H and O–H groups in total. The molecule has 2 aromatic carbocycles. The molecule has 1 fully saturated rings. The summed E-state index contributed by atoms with van der Waals surface area (Å²) in [6, 6.07) is 22.9. The number of hydrogen-bond acceptors (Lipinski definition) is 2. The highest BCUT2D eigenvalue weighted by molar-refractivity contribution is 5.21. The fraction of sp³-hybridized carbons (Fsp3) is 0.429. The van der Waals surface area contributed by atoms with Crippen LogP contribution in [0.4, 0.5) is 0 Å². The molecule has 0 saturated carbocycles. The van der Waals surface area contributed by atoms with E-state index >= 15 is 0 Å². The van der Waals surface area contributed by atoms with Gasteiger partial charge in [0.1, 0.15) is 0 Å². The maximum Gasteiger partial charge on any atom is 0.0208 e. The average molecular weight is 308 g/mol. The SMILES string of the molecule is CC(C)N1CC(NCc2ccccc2)CC(c2ccccc2)C1. The highest BCUT2D eigenvalue weighted by Gasteiger charge is 2.29. The quantitative estimate of drug-likeness (QED) is 0.896. The molecule has 0 radical (unpaired) electrons. The third kappa shape index (κ3) is 4.43. The topological polar surface area (TPSA) is 15.3 Å². The van der Waals surface area contributed by atoms with Gasteiger partial charge in [0.25, 0.3) is 0 Å². The van der Waals surface area contributed by atoms with E-state index in [2.05, 4.69) is 84.7 Å². The zero-order valence-corrected chi connectivity index (χ0v) is 14.3. The number of nitrogens with one attached hydrogen (secondary N) is 1. The van der Waals surface area contributed by atoms with Crippen LogP contribution in [0.2, 0.25) is 0 Å². The van der Waals surface area contributed by atoms with Gasteiger partial charge in [0, 0.05) is 31.7 Å². The van der Waals surface area contributed by atoms with E-state index in [0.29, 0.717) is 18.0 Å². The predicted octanol–water partition coefficient (Wildman–Crippen LogP) is 4.04. The third-order valence-electron chi connectivity index (χ3n) is 4.92. The lowest BCUT2D eigenvalue weighted by Gasteiger charge is -2.40. The molecule has 0 amide bonds. The molecular formula is C21H28N2. The van der Waals surface area contributed by atoms with Gasteiger partial charge < -0.3 is 5.32 Å². The molecule has 2 atom stereocenters. The van der Waals surface area contributed by atoms with Gasteiger partial charge in [-0.05, 0) is 37.3 Å². The fourth-order valence-corrected chi connectivity index (χ4v) is 3.53. The summed E-state index contributed by atoms with van der Waals surface area (Å²) in [5, 5.41) is 3.78. The Morgan fingerprint density at radius 1 is 0.957 bits per heavy atom. The standard InChI is InChI=1S/C21H28N2/c1-17(2)23-15-20(19-11-7-4-8-12-19)13-21(16-23)22-14-18-9-5-3-6-10-18/h3-12,17,20-22H,13-16H2,1-2H3. The predicted molar refractivity (Wildman–Crippen MR) is 97.6 cm³/mol. The van der Waals surface area contributed by atoms with Crippen molar-refractivity contribution < 1.29 is 0 Å². The van der Waals surface area contributed by atoms with Gasteiger partial charge in [0.05, 0.1) is 0 Å². The third-order valence-corrected chi connectivity index (χ3v) is 4.92. The number of piperidine rings is 1. The highest BCUT2D eigenvalue weighted by atomic mass is 15.2. The highest BCUT2D eigenvalue weighted by Crippen LogP contribution is 2.28. The molecule has 3 rings (SSSR count). The molecule has 2 unspecified atom stereocenters. The average Bonchev–Trinajstić information content (AvgIpc) is 2.61. The van der Waals surface area contributed by atoms with Gasteiger partial charge in [0.2, 0.25) is 0 Å². The summed E-state index contributed by atoms with van der Waals surface area (Å²) in [5.41, 5.74) is 2.84. The molecule has 1 aliphatic heterocycles. The first-order valence-electron chi connectivity index (χ1n) is 8.78. The van der Waals surface area contributed by atoms with Crippen LogP contribution in [-0.2, 0) is 6.54 Å². The molecule has 2 aromatic rings. The van der Waals surface area contributed by atoms with Gasteiger partial charge >= 0.3 is 0 Å². The zero-order chi connectivity index (χ0) is 16.1. The first-order chi connectivity index (χ1) is 11.2. The normalized spacial score (nSPS) is 22.4. The lowest BCUT2D eigenvalue weighted by Crippen LogP contribution is -2.50. The second-order valence-corrected chi connectivity index (χ2v) is 6.95. The van der Waals surface area contributed by atoms with Crippen LogP contribution in [0.5, 0.6) is 0 Å². The molecule has 1 saturated heterocycles. The summed E-state index contributed by atoms with van der Waals surface area (Å²) >= 11 is 0. The van der Waals surface area contributed by atoms with Gasteiger partial charge in [0.15, 0.2) is 0 Å². The molecule has 2 heteroatoms. The Labute approximate surface area is 140 Å². The van der Waals surface area contributed by atoms with Crippen molar-refractivity contribution in [2.24, 2.45) is 0 Å². The Hall–Kier alpha value is -1.64. The molecule has 1 aliphatic rings. The van der Waals surface area contributed by atoms with Crippen molar-refractivity contribution in [1.82, 2.24) is 10.2 Å². The zero-order valence-electron chi connectivity index (χ0n) is 14.3. The van der Waals surface area contributed by atoms with Crippen molar-refractivity contribution in [3.8, 4) is 0 Å². The van der Waals surface area contributed by atoms with Gasteiger partial charge in [-0.2, -0.15) is 0 Å². The van der Waals surface area contributed by atoms with Crippen molar-refractivity contribution >= 4 is 0 Å². The molecule has 0 aromatic heterocycles. The van der Waals surface area contributed by atoms with Crippen molar-refractivity contribution in [2.45, 2.75) is 44.8 Å². The van der Waals surface area contributed by atoms with E-state index in [1.165, 1.54) is 24.1 Å². The van der Waals surface area contributed by atoms with E-state index in [1.807, 2.05) is 0 Å². The van der Waals surface area contributed by atoms with Gasteiger partial charge in [-0.15, -0.1) is 0 Å². The van der Waals surface area contributed by atoms with E-state index in [9.17, 15) is 0 Å². The minimum absolute atomic E-state index is 0.552. The number of nitrogens with zero attached hydrogens (tertiary/aromatic N) is 1.